The molecule has 16 heavy (non-hydrogen) atoms. The van der Waals surface area contributed by atoms with Gasteiger partial charge in [-0.25, -0.2) is 0 Å². The van der Waals surface area contributed by atoms with Gasteiger partial charge in [0.15, 0.2) is 0 Å². The highest BCUT2D eigenvalue weighted by atomic mass is 79.9. The molecule has 0 radical (unpaired) electrons. The van der Waals surface area contributed by atoms with E-state index in [1.807, 2.05) is 11.8 Å². The number of thioether (sulfide) groups is 1. The summed E-state index contributed by atoms with van der Waals surface area (Å²) in [6, 6.07) is 0.572. The number of halogens is 1. The third-order valence-electron chi connectivity index (χ3n) is 3.44. The van der Waals surface area contributed by atoms with Gasteiger partial charge in [-0.3, -0.25) is 4.79 Å². The van der Waals surface area contributed by atoms with Crippen LogP contribution in [0.25, 0.3) is 0 Å². The Hall–Kier alpha value is 0.300. The Balaban J connectivity index is 1.79. The molecule has 4 heteroatoms. The van der Waals surface area contributed by atoms with Crippen molar-refractivity contribution in [3.8, 4) is 0 Å². The Labute approximate surface area is 111 Å². The topological polar surface area (TPSA) is 20.3 Å². The maximum Gasteiger partial charge on any atom is 0.223 e. The van der Waals surface area contributed by atoms with Crippen LogP contribution in [0, 0.1) is 5.92 Å². The van der Waals surface area contributed by atoms with Crippen LogP contribution in [0.4, 0.5) is 0 Å². The summed E-state index contributed by atoms with van der Waals surface area (Å²) < 4.78 is 0. The lowest BCUT2D eigenvalue weighted by molar-refractivity contribution is -0.132. The van der Waals surface area contributed by atoms with Gasteiger partial charge in [0.1, 0.15) is 0 Å². The molecule has 0 spiro atoms. The van der Waals surface area contributed by atoms with Crippen LogP contribution in [-0.2, 0) is 4.79 Å². The molecule has 0 N–H and O–H groups in total. The number of alkyl halides is 1. The molecule has 1 heterocycles. The van der Waals surface area contributed by atoms with Crippen molar-refractivity contribution in [3.05, 3.63) is 0 Å². The summed E-state index contributed by atoms with van der Waals surface area (Å²) in [6.45, 7) is 0.894. The standard InChI is InChI=1S/C12H20BrNOS/c13-5-6-14(11-1-2-11)12(15)9-10-3-7-16-8-4-10/h10-11H,1-9H2. The number of hydrogen-bond acceptors (Lipinski definition) is 2. The van der Waals surface area contributed by atoms with Crippen LogP contribution in [0.15, 0.2) is 0 Å². The third kappa shape index (κ3) is 3.66. The lowest BCUT2D eigenvalue weighted by Crippen LogP contribution is -2.36. The molecule has 1 saturated carbocycles. The van der Waals surface area contributed by atoms with E-state index in [0.717, 1.165) is 18.3 Å². The molecule has 0 unspecified atom stereocenters. The molecule has 2 rings (SSSR count). The van der Waals surface area contributed by atoms with Gasteiger partial charge in [0.25, 0.3) is 0 Å². The lowest BCUT2D eigenvalue weighted by atomic mass is 9.98. The molecule has 2 aliphatic rings. The molecular weight excluding hydrogens is 286 g/mol. The average Bonchev–Trinajstić information content (AvgIpc) is 3.11. The van der Waals surface area contributed by atoms with Gasteiger partial charge in [0, 0.05) is 24.3 Å². The van der Waals surface area contributed by atoms with E-state index in [1.165, 1.54) is 37.2 Å². The molecule has 0 aromatic rings. The Morgan fingerprint density at radius 1 is 1.25 bits per heavy atom. The number of nitrogens with zero attached hydrogens (tertiary/aromatic N) is 1. The van der Waals surface area contributed by atoms with E-state index in [9.17, 15) is 4.79 Å². The summed E-state index contributed by atoms with van der Waals surface area (Å²) in [4.78, 5) is 14.3. The highest BCUT2D eigenvalue weighted by molar-refractivity contribution is 9.09. The minimum Gasteiger partial charge on any atom is -0.339 e. The second-order valence-corrected chi connectivity index (χ2v) is 6.78. The predicted molar refractivity (Wildman–Crippen MR) is 73.2 cm³/mol. The van der Waals surface area contributed by atoms with Crippen LogP contribution < -0.4 is 0 Å². The summed E-state index contributed by atoms with van der Waals surface area (Å²) in [5.74, 6) is 3.56. The lowest BCUT2D eigenvalue weighted by Gasteiger charge is -2.26. The molecule has 0 aromatic heterocycles. The molecule has 0 bridgehead atoms. The minimum absolute atomic E-state index is 0.402. The first-order valence-electron chi connectivity index (χ1n) is 6.24. The van der Waals surface area contributed by atoms with Crippen LogP contribution >= 0.6 is 27.7 Å². The van der Waals surface area contributed by atoms with Crippen molar-refractivity contribution in [3.63, 3.8) is 0 Å². The van der Waals surface area contributed by atoms with Gasteiger partial charge in [0.2, 0.25) is 5.91 Å². The minimum atomic E-state index is 0.402. The Morgan fingerprint density at radius 3 is 2.50 bits per heavy atom. The maximum absolute atomic E-state index is 12.2. The van der Waals surface area contributed by atoms with Crippen molar-refractivity contribution >= 4 is 33.6 Å². The Bertz CT molecular complexity index is 239. The Morgan fingerprint density at radius 2 is 1.94 bits per heavy atom. The molecule has 1 aliphatic heterocycles. The second kappa shape index (κ2) is 6.29. The summed E-state index contributed by atoms with van der Waals surface area (Å²) in [6.07, 6.45) is 5.72. The third-order valence-corrected chi connectivity index (χ3v) is 4.84. The average molecular weight is 306 g/mol. The monoisotopic (exact) mass is 305 g/mol. The van der Waals surface area contributed by atoms with Crippen molar-refractivity contribution in [1.29, 1.82) is 0 Å². The van der Waals surface area contributed by atoms with E-state index >= 15 is 0 Å². The number of carbonyl (C=O) groups is 1. The molecule has 0 atom stereocenters. The predicted octanol–water partition coefficient (Wildman–Crippen LogP) is 2.91. The normalized spacial score (nSPS) is 22.1. The summed E-state index contributed by atoms with van der Waals surface area (Å²) >= 11 is 5.47. The summed E-state index contributed by atoms with van der Waals surface area (Å²) in [7, 11) is 0. The van der Waals surface area contributed by atoms with Crippen molar-refractivity contribution < 1.29 is 4.79 Å². The van der Waals surface area contributed by atoms with Crippen LogP contribution in [0.5, 0.6) is 0 Å². The zero-order valence-corrected chi connectivity index (χ0v) is 12.1. The quantitative estimate of drug-likeness (QED) is 0.728. The maximum atomic E-state index is 12.2. The fourth-order valence-electron chi connectivity index (χ4n) is 2.30. The zero-order chi connectivity index (χ0) is 11.4. The van der Waals surface area contributed by atoms with Gasteiger partial charge in [0.05, 0.1) is 0 Å². The fourth-order valence-corrected chi connectivity index (χ4v) is 3.89. The van der Waals surface area contributed by atoms with Crippen LogP contribution in [0.3, 0.4) is 0 Å². The molecule has 2 nitrogen and oxygen atoms in total. The first-order chi connectivity index (χ1) is 7.81. The second-order valence-electron chi connectivity index (χ2n) is 4.77. The van der Waals surface area contributed by atoms with Gasteiger partial charge >= 0.3 is 0 Å². The van der Waals surface area contributed by atoms with Crippen LogP contribution in [-0.4, -0.2) is 40.2 Å². The van der Waals surface area contributed by atoms with Gasteiger partial charge in [-0.1, -0.05) is 15.9 Å². The Kier molecular flexibility index (Phi) is 5.01. The largest absolute Gasteiger partial charge is 0.339 e. The van der Waals surface area contributed by atoms with E-state index < -0.39 is 0 Å². The first kappa shape index (κ1) is 12.7. The van der Waals surface area contributed by atoms with Gasteiger partial charge in [-0.05, 0) is 43.1 Å². The van der Waals surface area contributed by atoms with E-state index in [2.05, 4.69) is 20.8 Å². The molecular formula is C12H20BrNOS. The first-order valence-corrected chi connectivity index (χ1v) is 8.52. The summed E-state index contributed by atoms with van der Waals surface area (Å²) in [5.41, 5.74) is 0. The SMILES string of the molecule is O=C(CC1CCSCC1)N(CCBr)C1CC1. The van der Waals surface area contributed by atoms with Crippen molar-refractivity contribution in [2.75, 3.05) is 23.4 Å². The van der Waals surface area contributed by atoms with Crippen LogP contribution in [0.1, 0.15) is 32.1 Å². The van der Waals surface area contributed by atoms with Gasteiger partial charge in [-0.2, -0.15) is 11.8 Å². The van der Waals surface area contributed by atoms with Gasteiger partial charge in [-0.15, -0.1) is 0 Å². The van der Waals surface area contributed by atoms with E-state index in [1.54, 1.807) is 0 Å². The van der Waals surface area contributed by atoms with E-state index in [-0.39, 0.29) is 0 Å². The fraction of sp³-hybridized carbons (Fsp3) is 0.917. The van der Waals surface area contributed by atoms with Crippen molar-refractivity contribution in [1.82, 2.24) is 4.90 Å². The van der Waals surface area contributed by atoms with Crippen molar-refractivity contribution in [2.45, 2.75) is 38.1 Å². The highest BCUT2D eigenvalue weighted by Crippen LogP contribution is 2.30. The van der Waals surface area contributed by atoms with E-state index in [0.29, 0.717) is 17.9 Å². The highest BCUT2D eigenvalue weighted by Gasteiger charge is 2.32. The number of hydrogen-bond donors (Lipinski definition) is 0. The number of amides is 1. The number of rotatable bonds is 5. The number of carbonyl (C=O) groups excluding carboxylic acids is 1. The summed E-state index contributed by atoms with van der Waals surface area (Å²) in [5, 5.41) is 0.912. The van der Waals surface area contributed by atoms with Crippen LogP contribution in [0.2, 0.25) is 0 Å². The molecule has 1 aliphatic carbocycles. The zero-order valence-electron chi connectivity index (χ0n) is 9.66. The van der Waals surface area contributed by atoms with Crippen molar-refractivity contribution in [2.24, 2.45) is 5.92 Å². The molecule has 92 valence electrons. The van der Waals surface area contributed by atoms with Gasteiger partial charge < -0.3 is 4.90 Å². The smallest absolute Gasteiger partial charge is 0.223 e. The molecule has 2 fully saturated rings. The van der Waals surface area contributed by atoms with E-state index in [4.69, 9.17) is 0 Å². The molecule has 1 saturated heterocycles. The molecule has 1 amide bonds. The molecule has 0 aromatic carbocycles.